The Bertz CT molecular complexity index is 432. The van der Waals surface area contributed by atoms with Gasteiger partial charge in [0.05, 0.1) is 5.92 Å². The number of rotatable bonds is 5. The summed E-state index contributed by atoms with van der Waals surface area (Å²) in [5, 5.41) is 2.94. The molecule has 0 aliphatic carbocycles. The molecule has 20 heavy (non-hydrogen) atoms. The topological polar surface area (TPSA) is 58.4 Å². The van der Waals surface area contributed by atoms with Crippen LogP contribution >= 0.6 is 0 Å². The van der Waals surface area contributed by atoms with E-state index in [4.69, 9.17) is 5.73 Å². The molecule has 1 amide bonds. The lowest BCUT2D eigenvalue weighted by Gasteiger charge is -2.24. The van der Waals surface area contributed by atoms with E-state index in [-0.39, 0.29) is 17.2 Å². The predicted molar refractivity (Wildman–Crippen MR) is 86.0 cm³/mol. The molecule has 4 heteroatoms. The second kappa shape index (κ2) is 6.75. The first kappa shape index (κ1) is 16.5. The molecule has 0 aromatic heterocycles. The molecule has 0 saturated heterocycles. The Labute approximate surface area is 122 Å². The van der Waals surface area contributed by atoms with E-state index < -0.39 is 0 Å². The SMILES string of the molecule is CN(C)c1ccc(NC(=O)C(CN)CC(C)(C)C)cc1. The predicted octanol–water partition coefficient (Wildman–Crippen LogP) is 2.70. The molecule has 0 radical (unpaired) electrons. The number of carbonyl (C=O) groups is 1. The highest BCUT2D eigenvalue weighted by molar-refractivity contribution is 5.92. The minimum absolute atomic E-state index is 0.0000260. The lowest BCUT2D eigenvalue weighted by molar-refractivity contribution is -0.120. The Morgan fingerprint density at radius 1 is 1.25 bits per heavy atom. The lowest BCUT2D eigenvalue weighted by Crippen LogP contribution is -2.32. The zero-order valence-corrected chi connectivity index (χ0v) is 13.2. The maximum atomic E-state index is 12.2. The van der Waals surface area contributed by atoms with Crippen LogP contribution in [0.3, 0.4) is 0 Å². The first-order valence-corrected chi connectivity index (χ1v) is 7.01. The standard InChI is InChI=1S/C16H27N3O/c1-16(2,3)10-12(11-17)15(20)18-13-6-8-14(9-7-13)19(4)5/h6-9,12H,10-11,17H2,1-5H3,(H,18,20). The molecular formula is C16H27N3O. The third-order valence-corrected chi connectivity index (χ3v) is 3.17. The van der Waals surface area contributed by atoms with Gasteiger partial charge in [0.15, 0.2) is 0 Å². The van der Waals surface area contributed by atoms with Gasteiger partial charge in [-0.05, 0) is 36.1 Å². The van der Waals surface area contributed by atoms with Gasteiger partial charge in [-0.2, -0.15) is 0 Å². The van der Waals surface area contributed by atoms with Crippen LogP contribution in [-0.2, 0) is 4.79 Å². The molecule has 1 rings (SSSR count). The van der Waals surface area contributed by atoms with Crippen LogP contribution in [-0.4, -0.2) is 26.5 Å². The van der Waals surface area contributed by atoms with Crippen molar-refractivity contribution in [1.29, 1.82) is 0 Å². The Morgan fingerprint density at radius 2 is 1.80 bits per heavy atom. The fourth-order valence-corrected chi connectivity index (χ4v) is 2.11. The molecule has 3 N–H and O–H groups in total. The summed E-state index contributed by atoms with van der Waals surface area (Å²) < 4.78 is 0. The molecule has 0 spiro atoms. The first-order chi connectivity index (χ1) is 9.23. The lowest BCUT2D eigenvalue weighted by atomic mass is 9.84. The van der Waals surface area contributed by atoms with E-state index in [2.05, 4.69) is 26.1 Å². The number of benzene rings is 1. The second-order valence-corrected chi connectivity index (χ2v) is 6.63. The van der Waals surface area contributed by atoms with E-state index in [1.807, 2.05) is 43.3 Å². The van der Waals surface area contributed by atoms with E-state index in [9.17, 15) is 4.79 Å². The number of anilines is 2. The van der Waals surface area contributed by atoms with Gasteiger partial charge in [0.25, 0.3) is 0 Å². The van der Waals surface area contributed by atoms with Crippen molar-refractivity contribution in [1.82, 2.24) is 0 Å². The number of nitrogens with zero attached hydrogens (tertiary/aromatic N) is 1. The minimum atomic E-state index is -0.150. The minimum Gasteiger partial charge on any atom is -0.378 e. The number of nitrogens with two attached hydrogens (primary N) is 1. The second-order valence-electron chi connectivity index (χ2n) is 6.63. The van der Waals surface area contributed by atoms with Gasteiger partial charge in [-0.15, -0.1) is 0 Å². The van der Waals surface area contributed by atoms with E-state index in [0.717, 1.165) is 17.8 Å². The maximum absolute atomic E-state index is 12.2. The molecule has 0 saturated carbocycles. The van der Waals surface area contributed by atoms with E-state index in [1.165, 1.54) is 0 Å². The molecule has 0 fully saturated rings. The van der Waals surface area contributed by atoms with Gasteiger partial charge >= 0.3 is 0 Å². The Hall–Kier alpha value is -1.55. The quantitative estimate of drug-likeness (QED) is 0.870. The highest BCUT2D eigenvalue weighted by Gasteiger charge is 2.23. The molecule has 1 aromatic carbocycles. The van der Waals surface area contributed by atoms with E-state index in [1.54, 1.807) is 0 Å². The summed E-state index contributed by atoms with van der Waals surface area (Å²) in [7, 11) is 3.97. The molecule has 0 aliphatic rings. The summed E-state index contributed by atoms with van der Waals surface area (Å²) in [5.41, 5.74) is 7.74. The van der Waals surface area contributed by atoms with Gasteiger partial charge in [0.2, 0.25) is 5.91 Å². The van der Waals surface area contributed by atoms with Gasteiger partial charge in [-0.3, -0.25) is 4.79 Å². The fraction of sp³-hybridized carbons (Fsp3) is 0.562. The first-order valence-electron chi connectivity index (χ1n) is 7.01. The van der Waals surface area contributed by atoms with Crippen LogP contribution in [0.25, 0.3) is 0 Å². The number of hydrogen-bond acceptors (Lipinski definition) is 3. The van der Waals surface area contributed by atoms with Crippen LogP contribution in [0.4, 0.5) is 11.4 Å². The summed E-state index contributed by atoms with van der Waals surface area (Å²) in [4.78, 5) is 14.3. The number of amides is 1. The van der Waals surface area contributed by atoms with Crippen LogP contribution < -0.4 is 16.0 Å². The smallest absolute Gasteiger partial charge is 0.228 e. The molecule has 0 aliphatic heterocycles. The van der Waals surface area contributed by atoms with Gasteiger partial charge < -0.3 is 16.0 Å². The summed E-state index contributed by atoms with van der Waals surface area (Å²) in [6, 6.07) is 7.80. The van der Waals surface area contributed by atoms with Crippen LogP contribution in [0.1, 0.15) is 27.2 Å². The van der Waals surface area contributed by atoms with Crippen molar-refractivity contribution in [2.75, 3.05) is 30.9 Å². The summed E-state index contributed by atoms with van der Waals surface area (Å²) >= 11 is 0. The number of hydrogen-bond donors (Lipinski definition) is 2. The van der Waals surface area contributed by atoms with Crippen molar-refractivity contribution in [3.63, 3.8) is 0 Å². The van der Waals surface area contributed by atoms with E-state index >= 15 is 0 Å². The molecule has 1 atom stereocenters. The summed E-state index contributed by atoms with van der Waals surface area (Å²) in [6.45, 7) is 6.73. The maximum Gasteiger partial charge on any atom is 0.228 e. The average molecular weight is 277 g/mol. The molecule has 1 aromatic rings. The highest BCUT2D eigenvalue weighted by Crippen LogP contribution is 2.25. The van der Waals surface area contributed by atoms with Crippen LogP contribution in [0.15, 0.2) is 24.3 Å². The van der Waals surface area contributed by atoms with Crippen molar-refractivity contribution in [3.8, 4) is 0 Å². The number of carbonyl (C=O) groups excluding carboxylic acids is 1. The van der Waals surface area contributed by atoms with Gasteiger partial charge in [0.1, 0.15) is 0 Å². The normalized spacial score (nSPS) is 12.9. The molecule has 0 heterocycles. The highest BCUT2D eigenvalue weighted by atomic mass is 16.1. The van der Waals surface area contributed by atoms with Crippen molar-refractivity contribution in [2.24, 2.45) is 17.1 Å². The Kier molecular flexibility index (Phi) is 5.57. The van der Waals surface area contributed by atoms with Crippen molar-refractivity contribution in [2.45, 2.75) is 27.2 Å². The largest absolute Gasteiger partial charge is 0.378 e. The molecule has 1 unspecified atom stereocenters. The van der Waals surface area contributed by atoms with Crippen LogP contribution in [0.5, 0.6) is 0 Å². The monoisotopic (exact) mass is 277 g/mol. The third kappa shape index (κ3) is 5.21. The molecular weight excluding hydrogens is 250 g/mol. The molecule has 0 bridgehead atoms. The zero-order valence-electron chi connectivity index (χ0n) is 13.2. The van der Waals surface area contributed by atoms with Gasteiger partial charge in [-0.25, -0.2) is 0 Å². The Morgan fingerprint density at radius 3 is 2.20 bits per heavy atom. The van der Waals surface area contributed by atoms with Crippen molar-refractivity contribution < 1.29 is 4.79 Å². The van der Waals surface area contributed by atoms with Crippen LogP contribution in [0.2, 0.25) is 0 Å². The molecule has 4 nitrogen and oxygen atoms in total. The zero-order chi connectivity index (χ0) is 15.3. The third-order valence-electron chi connectivity index (χ3n) is 3.17. The van der Waals surface area contributed by atoms with Crippen molar-refractivity contribution in [3.05, 3.63) is 24.3 Å². The average Bonchev–Trinajstić information content (AvgIpc) is 2.35. The van der Waals surface area contributed by atoms with E-state index in [0.29, 0.717) is 6.54 Å². The Balaban J connectivity index is 2.68. The fourth-order valence-electron chi connectivity index (χ4n) is 2.11. The van der Waals surface area contributed by atoms with Crippen molar-refractivity contribution >= 4 is 17.3 Å². The van der Waals surface area contributed by atoms with Gasteiger partial charge in [0, 0.05) is 32.0 Å². The number of nitrogens with one attached hydrogen (secondary N) is 1. The summed E-state index contributed by atoms with van der Waals surface area (Å²) in [6.07, 6.45) is 0.783. The van der Waals surface area contributed by atoms with Crippen LogP contribution in [0, 0.1) is 11.3 Å². The molecule has 112 valence electrons. The summed E-state index contributed by atoms with van der Waals surface area (Å²) in [5.74, 6) is -0.149. The van der Waals surface area contributed by atoms with Gasteiger partial charge in [-0.1, -0.05) is 20.8 Å².